The Balaban J connectivity index is 1.50. The predicted octanol–water partition coefficient (Wildman–Crippen LogP) is 4.44. The number of hydrogen-bond donors (Lipinski definition) is 1. The maximum absolute atomic E-state index is 12.2. The van der Waals surface area contributed by atoms with Gasteiger partial charge in [-0.25, -0.2) is 4.79 Å². The number of allylic oxidation sites excluding steroid dienone is 1. The fourth-order valence-corrected chi connectivity index (χ4v) is 3.37. The Bertz CT molecular complexity index is 1210. The van der Waals surface area contributed by atoms with Crippen LogP contribution in [0.15, 0.2) is 70.7 Å². The van der Waals surface area contributed by atoms with Crippen molar-refractivity contribution in [3.63, 3.8) is 0 Å². The summed E-state index contributed by atoms with van der Waals surface area (Å²) in [4.78, 5) is 12.2. The molecule has 7 nitrogen and oxygen atoms in total. The number of halogens is 1. The van der Waals surface area contributed by atoms with Crippen molar-refractivity contribution >= 4 is 17.6 Å². The summed E-state index contributed by atoms with van der Waals surface area (Å²) in [5, 5.41) is 10.1. The normalized spacial score (nSPS) is 14.9. The van der Waals surface area contributed by atoms with Crippen LogP contribution >= 0.6 is 11.6 Å². The molecule has 0 saturated heterocycles. The van der Waals surface area contributed by atoms with Gasteiger partial charge in [0.15, 0.2) is 6.61 Å². The molecule has 2 heterocycles. The Morgan fingerprint density at radius 3 is 2.74 bits per heavy atom. The molecule has 31 heavy (non-hydrogen) atoms. The van der Waals surface area contributed by atoms with Gasteiger partial charge in [0, 0.05) is 16.7 Å². The van der Waals surface area contributed by atoms with Gasteiger partial charge in [-0.2, -0.15) is 5.26 Å². The highest BCUT2D eigenvalue weighted by atomic mass is 35.5. The molecule has 1 atom stereocenters. The molecule has 0 spiro atoms. The van der Waals surface area contributed by atoms with Gasteiger partial charge in [-0.1, -0.05) is 17.7 Å². The minimum atomic E-state index is -0.591. The second kappa shape index (κ2) is 8.46. The molecule has 1 aliphatic heterocycles. The van der Waals surface area contributed by atoms with Crippen LogP contribution in [0.5, 0.6) is 17.2 Å². The van der Waals surface area contributed by atoms with Gasteiger partial charge in [0.05, 0.1) is 12.2 Å². The summed E-state index contributed by atoms with van der Waals surface area (Å²) in [5.41, 5.74) is 7.71. The molecule has 0 fully saturated rings. The van der Waals surface area contributed by atoms with Crippen LogP contribution in [0.1, 0.15) is 22.8 Å². The number of fused-ring (bicyclic) bond motifs is 1. The van der Waals surface area contributed by atoms with E-state index < -0.39 is 11.9 Å². The molecular formula is C23H17ClN2O5. The minimum Gasteiger partial charge on any atom is -0.482 e. The van der Waals surface area contributed by atoms with Crippen molar-refractivity contribution in [1.82, 2.24) is 0 Å². The maximum atomic E-state index is 12.2. The summed E-state index contributed by atoms with van der Waals surface area (Å²) in [5.74, 6) is 0.568. The lowest BCUT2D eigenvalue weighted by Gasteiger charge is -2.25. The van der Waals surface area contributed by atoms with E-state index in [9.17, 15) is 10.1 Å². The lowest BCUT2D eigenvalue weighted by atomic mass is 9.87. The van der Waals surface area contributed by atoms with E-state index >= 15 is 0 Å². The van der Waals surface area contributed by atoms with Crippen molar-refractivity contribution in [1.29, 1.82) is 5.26 Å². The number of nitriles is 1. The molecule has 0 amide bonds. The number of esters is 1. The smallest absolute Gasteiger partial charge is 0.349 e. The Morgan fingerprint density at radius 2 is 2.03 bits per heavy atom. The average Bonchev–Trinajstić information content (AvgIpc) is 3.28. The molecule has 1 unspecified atom stereocenters. The number of nitrogens with two attached hydrogens (primary N) is 1. The van der Waals surface area contributed by atoms with E-state index in [-0.39, 0.29) is 23.8 Å². The van der Waals surface area contributed by atoms with E-state index in [0.29, 0.717) is 27.8 Å². The molecule has 2 N–H and O–H groups in total. The van der Waals surface area contributed by atoms with Crippen molar-refractivity contribution in [2.75, 3.05) is 6.61 Å². The quantitative estimate of drug-likeness (QED) is 0.465. The zero-order valence-electron chi connectivity index (χ0n) is 16.4. The fraction of sp³-hybridized carbons (Fsp3) is 0.130. The first-order valence-electron chi connectivity index (χ1n) is 9.31. The molecule has 0 saturated carbocycles. The van der Waals surface area contributed by atoms with Crippen molar-refractivity contribution in [2.24, 2.45) is 5.73 Å². The Hall–Kier alpha value is -3.89. The highest BCUT2D eigenvalue weighted by Crippen LogP contribution is 2.43. The molecule has 2 aromatic carbocycles. The first kappa shape index (κ1) is 20.4. The molecule has 0 aliphatic carbocycles. The molecular weight excluding hydrogens is 420 g/mol. The van der Waals surface area contributed by atoms with Gasteiger partial charge >= 0.3 is 5.97 Å². The number of carbonyl (C=O) groups is 1. The van der Waals surface area contributed by atoms with Gasteiger partial charge in [-0.15, -0.1) is 0 Å². The van der Waals surface area contributed by atoms with E-state index in [1.54, 1.807) is 42.5 Å². The number of aryl methyl sites for hydroxylation is 1. The second-order valence-electron chi connectivity index (χ2n) is 6.81. The van der Waals surface area contributed by atoms with Crippen LogP contribution in [-0.4, -0.2) is 12.6 Å². The van der Waals surface area contributed by atoms with Gasteiger partial charge < -0.3 is 24.4 Å². The Morgan fingerprint density at radius 1 is 1.23 bits per heavy atom. The number of ether oxygens (including phenoxy) is 3. The SMILES string of the molecule is Cc1cc(OCC(=O)Oc2ccc3c(c2)OC(N)=C(C#N)C3c2ccco2)ccc1Cl. The molecule has 0 bridgehead atoms. The van der Waals surface area contributed by atoms with Gasteiger partial charge in [0.25, 0.3) is 0 Å². The number of nitrogens with zero attached hydrogens (tertiary/aromatic N) is 1. The van der Waals surface area contributed by atoms with Crippen LogP contribution in [0.3, 0.4) is 0 Å². The van der Waals surface area contributed by atoms with Gasteiger partial charge in [-0.05, 0) is 48.9 Å². The maximum Gasteiger partial charge on any atom is 0.349 e. The van der Waals surface area contributed by atoms with Crippen LogP contribution < -0.4 is 19.9 Å². The van der Waals surface area contributed by atoms with Crippen molar-refractivity contribution in [3.05, 3.63) is 88.2 Å². The largest absolute Gasteiger partial charge is 0.482 e. The predicted molar refractivity (Wildman–Crippen MR) is 112 cm³/mol. The van der Waals surface area contributed by atoms with Crippen LogP contribution in [0, 0.1) is 18.3 Å². The summed E-state index contributed by atoms with van der Waals surface area (Å²) >= 11 is 5.99. The highest BCUT2D eigenvalue weighted by molar-refractivity contribution is 6.31. The third-order valence-electron chi connectivity index (χ3n) is 4.74. The summed E-state index contributed by atoms with van der Waals surface area (Å²) in [7, 11) is 0. The Labute approximate surface area is 183 Å². The zero-order chi connectivity index (χ0) is 22.0. The van der Waals surface area contributed by atoms with Crippen molar-refractivity contribution in [2.45, 2.75) is 12.8 Å². The molecule has 156 valence electrons. The molecule has 3 aromatic rings. The van der Waals surface area contributed by atoms with Crippen LogP contribution in [0.25, 0.3) is 0 Å². The highest BCUT2D eigenvalue weighted by Gasteiger charge is 2.32. The summed E-state index contributed by atoms with van der Waals surface area (Å²) in [6, 6.07) is 15.5. The van der Waals surface area contributed by atoms with E-state index in [2.05, 4.69) is 6.07 Å². The van der Waals surface area contributed by atoms with E-state index in [4.69, 9.17) is 36.0 Å². The second-order valence-corrected chi connectivity index (χ2v) is 7.22. The van der Waals surface area contributed by atoms with Crippen molar-refractivity contribution < 1.29 is 23.4 Å². The monoisotopic (exact) mass is 436 g/mol. The zero-order valence-corrected chi connectivity index (χ0v) is 17.2. The number of carbonyl (C=O) groups excluding carboxylic acids is 1. The topological polar surface area (TPSA) is 108 Å². The third kappa shape index (κ3) is 4.20. The molecule has 0 radical (unpaired) electrons. The van der Waals surface area contributed by atoms with E-state index in [0.717, 1.165) is 5.56 Å². The molecule has 8 heteroatoms. The number of hydrogen-bond acceptors (Lipinski definition) is 7. The van der Waals surface area contributed by atoms with Crippen LogP contribution in [0.4, 0.5) is 0 Å². The average molecular weight is 437 g/mol. The lowest BCUT2D eigenvalue weighted by Crippen LogP contribution is -2.21. The minimum absolute atomic E-state index is 0.0266. The van der Waals surface area contributed by atoms with Gasteiger partial charge in [0.2, 0.25) is 5.88 Å². The number of benzene rings is 2. The first-order valence-corrected chi connectivity index (χ1v) is 9.68. The van der Waals surface area contributed by atoms with Gasteiger partial charge in [-0.3, -0.25) is 0 Å². The summed E-state index contributed by atoms with van der Waals surface area (Å²) in [6.45, 7) is 1.56. The number of furan rings is 1. The van der Waals surface area contributed by atoms with E-state index in [1.807, 2.05) is 6.92 Å². The lowest BCUT2D eigenvalue weighted by molar-refractivity contribution is -0.136. The molecule has 1 aliphatic rings. The third-order valence-corrected chi connectivity index (χ3v) is 5.16. The Kier molecular flexibility index (Phi) is 5.56. The van der Waals surface area contributed by atoms with Crippen LogP contribution in [-0.2, 0) is 4.79 Å². The molecule has 1 aromatic heterocycles. The first-order chi connectivity index (χ1) is 15.0. The van der Waals surface area contributed by atoms with Crippen LogP contribution in [0.2, 0.25) is 5.02 Å². The summed E-state index contributed by atoms with van der Waals surface area (Å²) < 4.78 is 21.9. The standard InChI is InChI=1S/C23H17ClN2O5/c1-13-9-14(5-7-18(13)24)29-12-21(27)30-15-4-6-16-20(10-15)31-23(26)17(11-25)22(16)19-3-2-8-28-19/h2-10,22H,12,26H2,1H3. The number of rotatable bonds is 5. The van der Waals surface area contributed by atoms with Crippen molar-refractivity contribution in [3.8, 4) is 23.3 Å². The van der Waals surface area contributed by atoms with Gasteiger partial charge in [0.1, 0.15) is 34.7 Å². The molecule has 4 rings (SSSR count). The van der Waals surface area contributed by atoms with E-state index in [1.165, 1.54) is 12.3 Å². The summed E-state index contributed by atoms with van der Waals surface area (Å²) in [6.07, 6.45) is 1.52. The fourth-order valence-electron chi connectivity index (χ4n) is 3.26.